The molecule has 147 heavy (non-hydrogen) atoms. The molecule has 2 N–H and O–H groups in total. The smallest absolute Gasteiger partial charge is 0.306 e. The summed E-state index contributed by atoms with van der Waals surface area (Å²) in [5, 5.41) is 56.3. The minimum absolute atomic E-state index is 0.0180. The van der Waals surface area contributed by atoms with Crippen molar-refractivity contribution >= 4 is 70.6 Å². The summed E-state index contributed by atoms with van der Waals surface area (Å²) in [6, 6.07) is 46.0. The third-order valence-electron chi connectivity index (χ3n) is 31.2. The number of Topliss-reactive ketones (excluding diaryl/α,β-unsaturated/α-hetero) is 2. The van der Waals surface area contributed by atoms with E-state index in [1.165, 1.54) is 172 Å². The highest BCUT2D eigenvalue weighted by molar-refractivity contribution is 6.32. The molecule has 8 aliphatic carbocycles. The van der Waals surface area contributed by atoms with Crippen molar-refractivity contribution in [2.75, 3.05) is 21.3 Å². The van der Waals surface area contributed by atoms with Gasteiger partial charge in [-0.25, -0.2) is 18.7 Å². The van der Waals surface area contributed by atoms with Gasteiger partial charge in [0.25, 0.3) is 0 Å². The van der Waals surface area contributed by atoms with Gasteiger partial charge in [0.05, 0.1) is 102 Å². The van der Waals surface area contributed by atoms with Crippen molar-refractivity contribution in [1.82, 2.24) is 60.0 Å². The van der Waals surface area contributed by atoms with Crippen molar-refractivity contribution in [3.63, 3.8) is 0 Å². The number of carbonyl (C=O) groups excluding carboxylic acids is 6. The van der Waals surface area contributed by atoms with E-state index in [-0.39, 0.29) is 123 Å². The molecule has 786 valence electrons. The quantitative estimate of drug-likeness (QED) is 0.0264. The largest absolute Gasteiger partial charge is 0.481 e. The maximum Gasteiger partial charge on any atom is 0.306 e. The lowest BCUT2D eigenvalue weighted by Gasteiger charge is -2.22. The van der Waals surface area contributed by atoms with Crippen LogP contribution in [0.4, 0.5) is 0 Å². The first-order chi connectivity index (χ1) is 71.1. The molecule has 0 unspecified atom stereocenters. The van der Waals surface area contributed by atoms with Crippen molar-refractivity contribution in [2.45, 2.75) is 383 Å². The summed E-state index contributed by atoms with van der Waals surface area (Å²) in [4.78, 5) is 97.8. The van der Waals surface area contributed by atoms with E-state index in [9.17, 15) is 48.6 Å². The maximum absolute atomic E-state index is 13.3. The number of methoxy groups -OCH3 is 3. The van der Waals surface area contributed by atoms with Gasteiger partial charge in [-0.3, -0.25) is 38.4 Å². The first-order valence-corrected chi connectivity index (χ1v) is 55.4. The second-order valence-corrected chi connectivity index (χ2v) is 44.9. The number of hydrogen-bond acceptors (Lipinski definition) is 20. The van der Waals surface area contributed by atoms with Crippen molar-refractivity contribution in [2.24, 2.45) is 23.7 Å². The van der Waals surface area contributed by atoms with Crippen LogP contribution in [0.25, 0.3) is 22.7 Å². The third kappa shape index (κ3) is 32.6. The molecule has 0 saturated heterocycles. The number of benzene rings is 6. The summed E-state index contributed by atoms with van der Waals surface area (Å²) in [6.07, 6.45) is 43.4. The van der Waals surface area contributed by atoms with Crippen molar-refractivity contribution in [1.29, 1.82) is 0 Å². The van der Waals surface area contributed by atoms with Gasteiger partial charge < -0.3 is 29.2 Å². The van der Waals surface area contributed by atoms with E-state index < -0.39 is 17.5 Å². The number of hydrogen-bond donors (Lipinski definition) is 2. The summed E-state index contributed by atoms with van der Waals surface area (Å²) in [5.74, 6) is 0.929. The molecule has 0 aliphatic heterocycles. The standard InChI is InChI=1S/C33H40ClN3O3.C32H38ClN3O3.C29H41N3O4.C25H33N3O4/c1-22-7-12-26(30(34)19-22)20-29(38)21-27(15-18-31(39)40-2)32-33(25-13-14-25)37(36-35-32)28-16-10-24(11-17-28)9-8-23-5-3-4-6-23;1-21-6-11-25(29(33)18-21)19-28(37)20-26(14-17-30(38)39)31-32(24-12-13-24)36(35-34-31)27-15-9-23(10-16-27)8-7-22-4-2-3-5-22;1-29(2,3)36-26(34)19-23(15-18-25(33)35-4)27-28(22-13-14-22)32(31-30-27)24-16-11-21(12-17-24)10-9-20-7-5-6-8-20;1-32-23(31)15-12-20(16-22(29)30)24-25(19-10-11-19)28(27-26-24)21-13-8-18(9-14-21)7-6-17-4-2-3-5-17/h7,10-12,16-17,19,23,25,27H,3-6,8-9,13-15,18,20-21H2,1-2H3;6,9-11,15-16,18,22,24,26H,2-5,7-8,12-14,17,19-20H2,1H3,(H,38,39);11-12,16-17,20,22-23H,5-10,13-15,18-19H2,1-4H3;8-9,13-14,17,19-20H,2-7,10-12,15-16H2,1H3,(H,29,30)/t27-;26-;23-;20-/m0000/s1. The van der Waals surface area contributed by atoms with E-state index in [1.54, 1.807) is 0 Å². The van der Waals surface area contributed by atoms with Crippen LogP contribution in [0.1, 0.15) is 415 Å². The first-order valence-electron chi connectivity index (χ1n) is 54.6. The summed E-state index contributed by atoms with van der Waals surface area (Å²) in [7, 11) is 4.12. The number of carboxylic acid groups (broad SMARTS) is 2. The Morgan fingerprint density at radius 1 is 0.340 bits per heavy atom. The predicted molar refractivity (Wildman–Crippen MR) is 568 cm³/mol. The van der Waals surface area contributed by atoms with Gasteiger partial charge in [0.2, 0.25) is 0 Å². The Balaban J connectivity index is 0.000000147. The highest BCUT2D eigenvalue weighted by Gasteiger charge is 2.41. The summed E-state index contributed by atoms with van der Waals surface area (Å²) in [5.41, 5.74) is 19.8. The fourth-order valence-corrected chi connectivity index (χ4v) is 22.9. The average molecular weight is 2050 g/mol. The number of aliphatic carboxylic acids is 2. The predicted octanol–water partition coefficient (Wildman–Crippen LogP) is 25.7. The molecule has 26 nitrogen and oxygen atoms in total. The summed E-state index contributed by atoms with van der Waals surface area (Å²) >= 11 is 12.8. The maximum atomic E-state index is 13.3. The van der Waals surface area contributed by atoms with Gasteiger partial charge in [-0.05, 0) is 292 Å². The number of nitrogens with zero attached hydrogens (tertiary/aromatic N) is 12. The van der Waals surface area contributed by atoms with Crippen LogP contribution in [0.3, 0.4) is 0 Å². The van der Waals surface area contributed by atoms with Gasteiger partial charge >= 0.3 is 35.8 Å². The zero-order valence-corrected chi connectivity index (χ0v) is 89.1. The molecule has 0 radical (unpaired) electrons. The van der Waals surface area contributed by atoms with Gasteiger partial charge in [-0.15, -0.1) is 20.4 Å². The highest BCUT2D eigenvalue weighted by Crippen LogP contribution is 2.50. The Bertz CT molecular complexity index is 6040. The van der Waals surface area contributed by atoms with Crippen LogP contribution >= 0.6 is 23.2 Å². The molecule has 18 rings (SSSR count). The van der Waals surface area contributed by atoms with E-state index in [4.69, 9.17) is 42.1 Å². The summed E-state index contributed by atoms with van der Waals surface area (Å²) < 4.78 is 27.8. The number of aryl methyl sites for hydroxylation is 6. The molecule has 0 spiro atoms. The fraction of sp³-hybridized carbons (Fsp3) is 0.563. The summed E-state index contributed by atoms with van der Waals surface area (Å²) in [6.45, 7) is 9.52. The van der Waals surface area contributed by atoms with Crippen molar-refractivity contribution < 1.29 is 67.5 Å². The lowest BCUT2D eigenvalue weighted by molar-refractivity contribution is -0.155. The number of aromatic nitrogens is 12. The third-order valence-corrected chi connectivity index (χ3v) is 31.9. The van der Waals surface area contributed by atoms with Crippen molar-refractivity contribution in [3.05, 3.63) is 234 Å². The van der Waals surface area contributed by atoms with Gasteiger partial charge in [0.1, 0.15) is 17.2 Å². The Morgan fingerprint density at radius 3 is 0.837 bits per heavy atom. The molecule has 4 heterocycles. The van der Waals surface area contributed by atoms with Gasteiger partial charge in [-0.2, -0.15) is 0 Å². The van der Waals surface area contributed by atoms with E-state index in [0.717, 1.165) is 186 Å². The van der Waals surface area contributed by atoms with E-state index in [1.807, 2.05) is 89.7 Å². The van der Waals surface area contributed by atoms with Gasteiger partial charge in [-0.1, -0.05) is 220 Å². The number of ether oxygens (including phenoxy) is 4. The lowest BCUT2D eigenvalue weighted by atomic mass is 9.89. The van der Waals surface area contributed by atoms with Crippen LogP contribution in [0.15, 0.2) is 133 Å². The second-order valence-electron chi connectivity index (χ2n) is 44.1. The minimum atomic E-state index is -0.900. The molecule has 4 atom stereocenters. The molecule has 10 aromatic rings. The van der Waals surface area contributed by atoms with E-state index in [0.29, 0.717) is 65.1 Å². The van der Waals surface area contributed by atoms with Crippen LogP contribution in [-0.4, -0.2) is 145 Å². The SMILES string of the molecule is COC(=O)CC[C@@H](CC(=O)Cc1ccc(C)cc1Cl)c1nnn(-c2ccc(CCC3CCCC3)cc2)c1C1CC1.COC(=O)CC[C@@H](CC(=O)O)c1nnn(-c2ccc(CCC3CCCC3)cc2)c1C1CC1.COC(=O)CC[C@@H](CC(=O)OC(C)(C)C)c1nnn(-c2ccc(CCC3CCCC3)cc2)c1C1CC1.Cc1ccc(CC(=O)C[C@H](CCC(=O)O)c2nnn(-c3ccc(CCC4CCCC4)cc3)c2C2CC2)c(Cl)c1. The number of ketones is 2. The monoisotopic (exact) mass is 2040 g/mol. The van der Waals surface area contributed by atoms with Crippen LogP contribution in [0, 0.1) is 37.5 Å². The number of halogens is 2. The number of rotatable bonds is 48. The Hall–Kier alpha value is -11.4. The number of esters is 4. The molecule has 8 fully saturated rings. The molecule has 0 bridgehead atoms. The van der Waals surface area contributed by atoms with E-state index >= 15 is 0 Å². The molecule has 8 saturated carbocycles. The molecule has 28 heteroatoms. The van der Waals surface area contributed by atoms with Crippen molar-refractivity contribution in [3.8, 4) is 22.7 Å². The lowest BCUT2D eigenvalue weighted by Crippen LogP contribution is -2.25. The molecular formula is C119H152Cl2N12O14. The Morgan fingerprint density at radius 2 is 0.599 bits per heavy atom. The van der Waals surface area contributed by atoms with Gasteiger partial charge in [0.15, 0.2) is 0 Å². The zero-order valence-electron chi connectivity index (χ0n) is 87.6. The molecule has 4 aromatic heterocycles. The average Bonchev–Trinajstić information content (AvgIpc) is 1.63. The Labute approximate surface area is 876 Å². The fourth-order valence-electron chi connectivity index (χ4n) is 22.3. The van der Waals surface area contributed by atoms with Crippen LogP contribution in [0.2, 0.25) is 10.0 Å². The molecule has 8 aliphatic rings. The highest BCUT2D eigenvalue weighted by atomic mass is 35.5. The van der Waals surface area contributed by atoms with Crippen LogP contribution < -0.4 is 0 Å². The first kappa shape index (κ1) is 110. The molecule has 6 aromatic carbocycles. The van der Waals surface area contributed by atoms with E-state index in [2.05, 4.69) is 138 Å². The normalized spacial score (nSPS) is 16.8. The Kier molecular flexibility index (Phi) is 39.7. The molecule has 0 amide bonds. The number of carboxylic acids is 2. The van der Waals surface area contributed by atoms with Crippen LogP contribution in [-0.2, 0) is 95.8 Å². The minimum Gasteiger partial charge on any atom is -0.481 e. The van der Waals surface area contributed by atoms with Crippen LogP contribution in [0.5, 0.6) is 0 Å². The molecular weight excluding hydrogens is 1890 g/mol. The second kappa shape index (κ2) is 53.2. The number of carbonyl (C=O) groups is 8. The topological polar surface area (TPSA) is 337 Å². The zero-order chi connectivity index (χ0) is 104. The van der Waals surface area contributed by atoms with Gasteiger partial charge in [0, 0.05) is 109 Å².